The van der Waals surface area contributed by atoms with E-state index in [0.29, 0.717) is 19.4 Å². The lowest BCUT2D eigenvalue weighted by Gasteiger charge is -2.22. The maximum absolute atomic E-state index is 12.3. The summed E-state index contributed by atoms with van der Waals surface area (Å²) < 4.78 is 29.2. The maximum atomic E-state index is 12.3. The van der Waals surface area contributed by atoms with Gasteiger partial charge in [-0.25, -0.2) is 4.79 Å². The fraction of sp³-hybridized carbons (Fsp3) is 0.788. The Morgan fingerprint density at radius 1 is 0.957 bits per heavy atom. The van der Waals surface area contributed by atoms with Crippen LogP contribution in [0.25, 0.3) is 0 Å². The first-order chi connectivity index (χ1) is 22.4. The third-order valence-electron chi connectivity index (χ3n) is 8.17. The Morgan fingerprint density at radius 3 is 2.24 bits per heavy atom. The number of aromatic amines is 1. The van der Waals surface area contributed by atoms with Gasteiger partial charge in [0, 0.05) is 36.4 Å². The number of rotatable bonds is 27. The van der Waals surface area contributed by atoms with Crippen LogP contribution in [0.5, 0.6) is 0 Å². The summed E-state index contributed by atoms with van der Waals surface area (Å²) in [7, 11) is -3.02. The lowest BCUT2D eigenvalue weighted by molar-refractivity contribution is -0.121. The Hall–Kier alpha value is -2.21. The van der Waals surface area contributed by atoms with Crippen molar-refractivity contribution >= 4 is 14.2 Å². The second kappa shape index (κ2) is 24.9. The molecule has 0 bridgehead atoms. The van der Waals surface area contributed by atoms with Crippen LogP contribution in [0.2, 0.25) is 0 Å². The Morgan fingerprint density at radius 2 is 1.59 bits per heavy atom. The van der Waals surface area contributed by atoms with Crippen molar-refractivity contribution < 1.29 is 33.4 Å². The van der Waals surface area contributed by atoms with Crippen molar-refractivity contribution in [2.45, 2.75) is 147 Å². The number of hydrogen-bond donors (Lipinski definition) is 4. The number of allylic oxidation sites excluding steroid dienone is 2. The summed E-state index contributed by atoms with van der Waals surface area (Å²) in [6, 6.07) is 1.15. The molecule has 1 amide bonds. The molecule has 12 nitrogen and oxygen atoms in total. The van der Waals surface area contributed by atoms with Gasteiger partial charge in [-0.3, -0.25) is 19.1 Å². The van der Waals surface area contributed by atoms with Gasteiger partial charge >= 0.3 is 13.9 Å². The predicted molar refractivity (Wildman–Crippen MR) is 178 cm³/mol. The molecule has 0 spiro atoms. The van der Waals surface area contributed by atoms with Crippen LogP contribution >= 0.6 is 8.25 Å². The average Bonchev–Trinajstić information content (AvgIpc) is 3.36. The van der Waals surface area contributed by atoms with Crippen molar-refractivity contribution in [3.05, 3.63) is 45.3 Å². The maximum Gasteiger partial charge on any atom is 0.695 e. The zero-order valence-corrected chi connectivity index (χ0v) is 28.5. The Labute approximate surface area is 274 Å². The van der Waals surface area contributed by atoms with Gasteiger partial charge < -0.3 is 19.9 Å². The number of ether oxygens (including phenoxy) is 2. The first-order valence-corrected chi connectivity index (χ1v) is 18.4. The van der Waals surface area contributed by atoms with Crippen LogP contribution in [0.15, 0.2) is 34.0 Å². The van der Waals surface area contributed by atoms with Crippen LogP contribution in [0.1, 0.15) is 129 Å². The normalized spacial score (nSPS) is 20.0. The molecule has 0 radical (unpaired) electrons. The van der Waals surface area contributed by atoms with Gasteiger partial charge in [0.2, 0.25) is 5.91 Å². The summed E-state index contributed by atoms with van der Waals surface area (Å²) in [5.74, 6) is 0.0948. The Bertz CT molecular complexity index is 1130. The van der Waals surface area contributed by atoms with E-state index < -0.39 is 50.7 Å². The van der Waals surface area contributed by atoms with Crippen molar-refractivity contribution in [3.8, 4) is 0 Å². The molecule has 4 N–H and O–H groups in total. The second-order valence-electron chi connectivity index (χ2n) is 12.0. The summed E-state index contributed by atoms with van der Waals surface area (Å²) in [5.41, 5.74) is -1.32. The van der Waals surface area contributed by atoms with Gasteiger partial charge in [-0.15, -0.1) is 9.42 Å². The third-order valence-corrected chi connectivity index (χ3v) is 8.60. The topological polar surface area (TPSA) is 169 Å². The number of H-pyrrole nitrogens is 1. The highest BCUT2D eigenvalue weighted by Gasteiger charge is 2.51. The number of hydrogen-bond acceptors (Lipinski definition) is 8. The van der Waals surface area contributed by atoms with Gasteiger partial charge in [0.15, 0.2) is 12.3 Å². The predicted octanol–water partition coefficient (Wildman–Crippen LogP) is 5.56. The standard InChI is InChI=1S/C33H56N3O9P/c1-2-3-4-5-6-7-8-9-10-11-12-13-14-15-18-21-28(38)34-23-19-16-17-20-25-43-31-30(45-46(41)42)27(26-37)44-32(31)36-24-22-29(39)35-33(36)40/h9-10,22,24,27,30-32,37H,2-8,11-21,23,25-26H2,1H3,(H2-,34,35,38,39,40,41,42)/p+1/b10-9-/t27-,30?,31+,32-/m1/s1. The van der Waals surface area contributed by atoms with E-state index in [4.69, 9.17) is 14.0 Å². The number of aromatic nitrogens is 2. The molecule has 5 atom stereocenters. The molecule has 1 aliphatic rings. The molecule has 1 aromatic heterocycles. The van der Waals surface area contributed by atoms with Crippen molar-refractivity contribution in [2.75, 3.05) is 19.8 Å². The summed E-state index contributed by atoms with van der Waals surface area (Å²) in [6.07, 6.45) is 21.6. The van der Waals surface area contributed by atoms with Gasteiger partial charge in [-0.05, 0) is 44.9 Å². The second-order valence-corrected chi connectivity index (χ2v) is 12.7. The number of nitrogens with zero attached hydrogens (tertiary/aromatic N) is 1. The van der Waals surface area contributed by atoms with E-state index in [0.717, 1.165) is 49.2 Å². The highest BCUT2D eigenvalue weighted by molar-refractivity contribution is 7.32. The number of aliphatic hydroxyl groups excluding tert-OH is 1. The molecule has 46 heavy (non-hydrogen) atoms. The fourth-order valence-corrected chi connectivity index (χ4v) is 6.05. The smallest absolute Gasteiger partial charge is 0.394 e. The lowest BCUT2D eigenvalue weighted by atomic mass is 10.1. The number of carbonyl (C=O) groups is 1. The van der Waals surface area contributed by atoms with E-state index in [-0.39, 0.29) is 12.5 Å². The fourth-order valence-electron chi connectivity index (χ4n) is 5.59. The van der Waals surface area contributed by atoms with E-state index in [9.17, 15) is 28.9 Å². The SMILES string of the molecule is CCCCCCCC/C=C\CCCCCCCC(=O)NCCCCCCO[C@H]1C(O[P+](=O)O)[C@@H](CO)O[C@H]1n1ccc(=O)[nH]c1=O. The monoisotopic (exact) mass is 670 g/mol. The molecule has 262 valence electrons. The van der Waals surface area contributed by atoms with Crippen molar-refractivity contribution in [1.82, 2.24) is 14.9 Å². The largest absolute Gasteiger partial charge is 0.695 e. The minimum atomic E-state index is -3.02. The molecule has 0 aliphatic carbocycles. The molecule has 0 saturated carbocycles. The van der Waals surface area contributed by atoms with E-state index in [1.165, 1.54) is 70.4 Å². The Balaban J connectivity index is 1.52. The van der Waals surface area contributed by atoms with Crippen LogP contribution in [-0.2, 0) is 23.4 Å². The number of nitrogens with one attached hydrogen (secondary N) is 2. The molecule has 1 aromatic rings. The highest BCUT2D eigenvalue weighted by atomic mass is 31.1. The molecule has 1 fully saturated rings. The van der Waals surface area contributed by atoms with E-state index in [1.54, 1.807) is 0 Å². The van der Waals surface area contributed by atoms with Crippen LogP contribution < -0.4 is 16.6 Å². The van der Waals surface area contributed by atoms with Crippen LogP contribution in [0, 0.1) is 0 Å². The van der Waals surface area contributed by atoms with Gasteiger partial charge in [-0.1, -0.05) is 83.3 Å². The van der Waals surface area contributed by atoms with Crippen molar-refractivity contribution in [2.24, 2.45) is 0 Å². The first-order valence-electron chi connectivity index (χ1n) is 17.3. The molecule has 2 heterocycles. The van der Waals surface area contributed by atoms with Crippen molar-refractivity contribution in [3.63, 3.8) is 0 Å². The van der Waals surface area contributed by atoms with Crippen molar-refractivity contribution in [1.29, 1.82) is 0 Å². The van der Waals surface area contributed by atoms with Crippen LogP contribution in [0.3, 0.4) is 0 Å². The minimum Gasteiger partial charge on any atom is -0.394 e. The number of unbranched alkanes of at least 4 members (excludes halogenated alkanes) is 14. The molecule has 2 rings (SSSR count). The summed E-state index contributed by atoms with van der Waals surface area (Å²) in [5, 5.41) is 12.7. The van der Waals surface area contributed by atoms with Gasteiger partial charge in [0.25, 0.3) is 5.56 Å². The van der Waals surface area contributed by atoms with Gasteiger partial charge in [-0.2, -0.15) is 0 Å². The van der Waals surface area contributed by atoms with Gasteiger partial charge in [0.1, 0.15) is 12.2 Å². The molecule has 2 unspecified atom stereocenters. The van der Waals surface area contributed by atoms with Crippen LogP contribution in [-0.4, -0.2) is 63.5 Å². The average molecular weight is 671 g/mol. The number of carbonyl (C=O) groups excluding carboxylic acids is 1. The quantitative estimate of drug-likeness (QED) is 0.0532. The molecule has 1 aliphatic heterocycles. The van der Waals surface area contributed by atoms with Gasteiger partial charge in [0.05, 0.1) is 6.61 Å². The molecule has 0 aromatic carbocycles. The minimum absolute atomic E-state index is 0.0948. The number of amides is 1. The van der Waals surface area contributed by atoms with E-state index >= 15 is 0 Å². The van der Waals surface area contributed by atoms with Crippen LogP contribution in [0.4, 0.5) is 0 Å². The lowest BCUT2D eigenvalue weighted by Crippen LogP contribution is -2.40. The highest BCUT2D eigenvalue weighted by Crippen LogP contribution is 2.37. The molecule has 1 saturated heterocycles. The zero-order valence-electron chi connectivity index (χ0n) is 27.6. The molecular weight excluding hydrogens is 613 g/mol. The first kappa shape index (κ1) is 40.0. The third kappa shape index (κ3) is 16.6. The number of aliphatic hydroxyl groups is 1. The van der Waals surface area contributed by atoms with E-state index in [2.05, 4.69) is 29.4 Å². The summed E-state index contributed by atoms with van der Waals surface area (Å²) >= 11 is 0. The summed E-state index contributed by atoms with van der Waals surface area (Å²) in [6.45, 7) is 2.60. The molecular formula is C33H57N3O9P+. The molecule has 13 heteroatoms. The summed E-state index contributed by atoms with van der Waals surface area (Å²) in [4.78, 5) is 47.4. The zero-order chi connectivity index (χ0) is 33.4. The van der Waals surface area contributed by atoms with E-state index in [1.807, 2.05) is 0 Å². The Kier molecular flexibility index (Phi) is 21.6.